The molecule has 1 heterocycles. The van der Waals surface area contributed by atoms with Crippen LogP contribution in [-0.4, -0.2) is 44.5 Å². The minimum absolute atomic E-state index is 0.0310. The largest absolute Gasteiger partial charge is 0.363 e. The highest BCUT2D eigenvalue weighted by Crippen LogP contribution is 2.23. The highest BCUT2D eigenvalue weighted by molar-refractivity contribution is 7.91. The van der Waals surface area contributed by atoms with Gasteiger partial charge in [-0.05, 0) is 32.4 Å². The monoisotopic (exact) mass is 310 g/mol. The fourth-order valence-corrected chi connectivity index (χ4v) is 4.78. The van der Waals surface area contributed by atoms with Gasteiger partial charge in [0.25, 0.3) is 0 Å². The molecule has 1 saturated heterocycles. The molecule has 6 heteroatoms. The van der Waals surface area contributed by atoms with Gasteiger partial charge in [-0.25, -0.2) is 8.42 Å². The summed E-state index contributed by atoms with van der Waals surface area (Å²) in [6.07, 6.45) is 0.485. The lowest BCUT2D eigenvalue weighted by molar-refractivity contribution is -0.121. The quantitative estimate of drug-likeness (QED) is 0.887. The molecular weight excluding hydrogens is 288 g/mol. The number of rotatable bonds is 5. The first kappa shape index (κ1) is 15.8. The Morgan fingerprint density at radius 2 is 2.00 bits per heavy atom. The van der Waals surface area contributed by atoms with Gasteiger partial charge in [0.2, 0.25) is 5.91 Å². The molecule has 0 spiro atoms. The van der Waals surface area contributed by atoms with Crippen LogP contribution >= 0.6 is 0 Å². The molecule has 1 atom stereocenters. The molecule has 0 radical (unpaired) electrons. The number of anilines is 1. The van der Waals surface area contributed by atoms with E-state index in [0.29, 0.717) is 13.0 Å². The number of carbonyl (C=O) groups excluding carboxylic acids is 1. The zero-order chi connectivity index (χ0) is 15.5. The number of likely N-dealkylation sites (N-methyl/N-ethyl adjacent to an activating group) is 1. The Labute approximate surface area is 126 Å². The summed E-state index contributed by atoms with van der Waals surface area (Å²) in [5.74, 6) is 0.0451. The van der Waals surface area contributed by atoms with Crippen LogP contribution < -0.4 is 10.2 Å². The van der Waals surface area contributed by atoms with Crippen molar-refractivity contribution in [3.05, 3.63) is 30.3 Å². The van der Waals surface area contributed by atoms with Gasteiger partial charge in [0.15, 0.2) is 9.84 Å². The topological polar surface area (TPSA) is 66.5 Å². The maximum atomic E-state index is 12.2. The van der Waals surface area contributed by atoms with Crippen molar-refractivity contribution in [3.8, 4) is 0 Å². The molecule has 1 N–H and O–H groups in total. The molecule has 1 unspecified atom stereocenters. The lowest BCUT2D eigenvalue weighted by Crippen LogP contribution is -2.50. The number of carbonyl (C=O) groups is 1. The maximum absolute atomic E-state index is 12.2. The van der Waals surface area contributed by atoms with Crippen molar-refractivity contribution in [3.63, 3.8) is 0 Å². The van der Waals surface area contributed by atoms with Crippen LogP contribution in [0.3, 0.4) is 0 Å². The fraction of sp³-hybridized carbons (Fsp3) is 0.533. The first-order valence-electron chi connectivity index (χ1n) is 7.15. The van der Waals surface area contributed by atoms with E-state index in [2.05, 4.69) is 5.32 Å². The Morgan fingerprint density at radius 1 is 1.33 bits per heavy atom. The minimum atomic E-state index is -3.01. The summed E-state index contributed by atoms with van der Waals surface area (Å²) in [5.41, 5.74) is 0.353. The SMILES string of the molecule is CCN(CC(=O)NC1(C)CCS(=O)(=O)C1)c1ccccc1. The molecule has 1 aliphatic rings. The van der Waals surface area contributed by atoms with Gasteiger partial charge in [0.05, 0.1) is 23.6 Å². The van der Waals surface area contributed by atoms with Gasteiger partial charge in [0.1, 0.15) is 0 Å². The molecule has 0 bridgehead atoms. The lowest BCUT2D eigenvalue weighted by Gasteiger charge is -2.27. The molecule has 2 rings (SSSR count). The predicted octanol–water partition coefficient (Wildman–Crippen LogP) is 1.21. The van der Waals surface area contributed by atoms with E-state index in [9.17, 15) is 13.2 Å². The number of sulfone groups is 1. The van der Waals surface area contributed by atoms with Gasteiger partial charge >= 0.3 is 0 Å². The van der Waals surface area contributed by atoms with E-state index in [-0.39, 0.29) is 24.0 Å². The molecule has 1 fully saturated rings. The molecular formula is C15H22N2O3S. The third kappa shape index (κ3) is 4.20. The van der Waals surface area contributed by atoms with Crippen LogP contribution in [0.4, 0.5) is 5.69 Å². The van der Waals surface area contributed by atoms with Crippen LogP contribution in [0.5, 0.6) is 0 Å². The van der Waals surface area contributed by atoms with Crippen molar-refractivity contribution in [2.75, 3.05) is 29.5 Å². The number of para-hydroxylation sites is 1. The van der Waals surface area contributed by atoms with Crippen molar-refractivity contribution < 1.29 is 13.2 Å². The van der Waals surface area contributed by atoms with Crippen molar-refractivity contribution in [1.82, 2.24) is 5.32 Å². The Hall–Kier alpha value is -1.56. The van der Waals surface area contributed by atoms with Crippen LogP contribution in [-0.2, 0) is 14.6 Å². The minimum Gasteiger partial charge on any atom is -0.363 e. The standard InChI is InChI=1S/C15H22N2O3S/c1-3-17(13-7-5-4-6-8-13)11-14(18)16-15(2)9-10-21(19,20)12-15/h4-8H,3,9-12H2,1-2H3,(H,16,18). The highest BCUT2D eigenvalue weighted by Gasteiger charge is 2.39. The van der Waals surface area contributed by atoms with Crippen LogP contribution in [0.1, 0.15) is 20.3 Å². The molecule has 0 aliphatic carbocycles. The van der Waals surface area contributed by atoms with E-state index in [4.69, 9.17) is 0 Å². The number of amides is 1. The lowest BCUT2D eigenvalue weighted by atomic mass is 10.0. The summed E-state index contributed by atoms with van der Waals surface area (Å²) in [4.78, 5) is 14.2. The Kier molecular flexibility index (Phi) is 4.56. The van der Waals surface area contributed by atoms with E-state index in [1.165, 1.54) is 0 Å². The zero-order valence-corrected chi connectivity index (χ0v) is 13.3. The van der Waals surface area contributed by atoms with E-state index < -0.39 is 15.4 Å². The van der Waals surface area contributed by atoms with Crippen LogP contribution in [0.15, 0.2) is 30.3 Å². The Bertz CT molecular complexity index is 601. The van der Waals surface area contributed by atoms with Crippen molar-refractivity contribution >= 4 is 21.4 Å². The molecule has 5 nitrogen and oxygen atoms in total. The summed E-state index contributed by atoms with van der Waals surface area (Å²) in [5, 5.41) is 2.89. The van der Waals surface area contributed by atoms with Gasteiger partial charge in [-0.3, -0.25) is 4.79 Å². The summed E-state index contributed by atoms with van der Waals surface area (Å²) < 4.78 is 23.1. The second-order valence-electron chi connectivity index (χ2n) is 5.80. The Balaban J connectivity index is 1.98. The maximum Gasteiger partial charge on any atom is 0.239 e. The fourth-order valence-electron chi connectivity index (χ4n) is 2.68. The summed E-state index contributed by atoms with van der Waals surface area (Å²) in [7, 11) is -3.01. The average Bonchev–Trinajstić information content (AvgIpc) is 2.70. The summed E-state index contributed by atoms with van der Waals surface area (Å²) in [6, 6.07) is 9.71. The number of hydrogen-bond donors (Lipinski definition) is 1. The molecule has 116 valence electrons. The first-order valence-corrected chi connectivity index (χ1v) is 8.97. The molecule has 0 aromatic heterocycles. The van der Waals surface area contributed by atoms with Crippen LogP contribution in [0.2, 0.25) is 0 Å². The normalized spacial score (nSPS) is 23.7. The van der Waals surface area contributed by atoms with Crippen LogP contribution in [0.25, 0.3) is 0 Å². The molecule has 1 aromatic rings. The average molecular weight is 310 g/mol. The van der Waals surface area contributed by atoms with Gasteiger partial charge in [-0.2, -0.15) is 0 Å². The zero-order valence-electron chi connectivity index (χ0n) is 12.5. The second-order valence-corrected chi connectivity index (χ2v) is 7.98. The van der Waals surface area contributed by atoms with Gasteiger partial charge in [-0.15, -0.1) is 0 Å². The smallest absolute Gasteiger partial charge is 0.239 e. The predicted molar refractivity (Wildman–Crippen MR) is 84.1 cm³/mol. The highest BCUT2D eigenvalue weighted by atomic mass is 32.2. The van der Waals surface area contributed by atoms with Gasteiger partial charge in [0, 0.05) is 12.2 Å². The molecule has 1 aromatic carbocycles. The van der Waals surface area contributed by atoms with E-state index >= 15 is 0 Å². The van der Waals surface area contributed by atoms with Gasteiger partial charge < -0.3 is 10.2 Å². The molecule has 1 aliphatic heterocycles. The van der Waals surface area contributed by atoms with Crippen LogP contribution in [0, 0.1) is 0 Å². The summed E-state index contributed by atoms with van der Waals surface area (Å²) in [6.45, 7) is 4.73. The first-order chi connectivity index (χ1) is 9.84. The van der Waals surface area contributed by atoms with Crippen molar-refractivity contribution in [1.29, 1.82) is 0 Å². The Morgan fingerprint density at radius 3 is 2.52 bits per heavy atom. The van der Waals surface area contributed by atoms with E-state index in [1.54, 1.807) is 6.92 Å². The van der Waals surface area contributed by atoms with Gasteiger partial charge in [-0.1, -0.05) is 18.2 Å². The number of hydrogen-bond acceptors (Lipinski definition) is 4. The third-order valence-corrected chi connectivity index (χ3v) is 5.69. The number of benzene rings is 1. The van der Waals surface area contributed by atoms with E-state index in [0.717, 1.165) is 5.69 Å². The summed E-state index contributed by atoms with van der Waals surface area (Å²) >= 11 is 0. The third-order valence-electron chi connectivity index (χ3n) is 3.78. The molecule has 0 saturated carbocycles. The van der Waals surface area contributed by atoms with Crippen molar-refractivity contribution in [2.24, 2.45) is 0 Å². The molecule has 1 amide bonds. The van der Waals surface area contributed by atoms with E-state index in [1.807, 2.05) is 42.2 Å². The number of nitrogens with zero attached hydrogens (tertiary/aromatic N) is 1. The molecule has 21 heavy (non-hydrogen) atoms. The number of nitrogens with one attached hydrogen (secondary N) is 1. The van der Waals surface area contributed by atoms with Crippen molar-refractivity contribution in [2.45, 2.75) is 25.8 Å². The second kappa shape index (κ2) is 6.05.